The Morgan fingerprint density at radius 3 is 2.68 bits per heavy atom. The van der Waals surface area contributed by atoms with Gasteiger partial charge in [0.05, 0.1) is 18.0 Å². The summed E-state index contributed by atoms with van der Waals surface area (Å²) in [7, 11) is 5.39. The molecule has 0 saturated heterocycles. The maximum absolute atomic E-state index is 12.9. The van der Waals surface area contributed by atoms with Gasteiger partial charge in [-0.2, -0.15) is 0 Å². The Kier molecular flexibility index (Phi) is 7.37. The van der Waals surface area contributed by atoms with Crippen molar-refractivity contribution in [3.63, 3.8) is 0 Å². The molecule has 0 bridgehead atoms. The van der Waals surface area contributed by atoms with Crippen LogP contribution in [0.3, 0.4) is 0 Å². The van der Waals surface area contributed by atoms with Crippen LogP contribution in [0.4, 0.5) is 0 Å². The summed E-state index contributed by atoms with van der Waals surface area (Å²) in [6.45, 7) is 3.51. The normalized spacial score (nSPS) is 13.8. The molecule has 3 rings (SSSR count). The van der Waals surface area contributed by atoms with E-state index in [1.165, 1.54) is 8.66 Å². The SMILES string of the molecule is COc1ccc2c(c1OC)CCN(CCCN(C)CCc1ccc(Br)s1)C2=O. The van der Waals surface area contributed by atoms with E-state index in [9.17, 15) is 4.79 Å². The Balaban J connectivity index is 1.50. The van der Waals surface area contributed by atoms with Gasteiger partial charge in [-0.3, -0.25) is 4.79 Å². The molecule has 0 aliphatic carbocycles. The Morgan fingerprint density at radius 2 is 2.00 bits per heavy atom. The Hall–Kier alpha value is -1.57. The minimum Gasteiger partial charge on any atom is -0.493 e. The van der Waals surface area contributed by atoms with Crippen molar-refractivity contribution in [2.45, 2.75) is 19.3 Å². The van der Waals surface area contributed by atoms with Gasteiger partial charge in [-0.05, 0) is 73.1 Å². The molecule has 1 aliphatic heterocycles. The third kappa shape index (κ3) is 4.88. The van der Waals surface area contributed by atoms with Crippen LogP contribution in [-0.4, -0.2) is 63.2 Å². The van der Waals surface area contributed by atoms with Crippen molar-refractivity contribution < 1.29 is 14.3 Å². The van der Waals surface area contributed by atoms with Crippen molar-refractivity contribution in [2.75, 3.05) is 47.4 Å². The fraction of sp³-hybridized carbons (Fsp3) is 0.476. The average Bonchev–Trinajstić information content (AvgIpc) is 3.12. The zero-order valence-corrected chi connectivity index (χ0v) is 19.1. The highest BCUT2D eigenvalue weighted by Crippen LogP contribution is 2.36. The van der Waals surface area contributed by atoms with Crippen LogP contribution in [0.25, 0.3) is 0 Å². The van der Waals surface area contributed by atoms with E-state index in [4.69, 9.17) is 9.47 Å². The van der Waals surface area contributed by atoms with Gasteiger partial charge in [0.1, 0.15) is 0 Å². The third-order valence-corrected chi connectivity index (χ3v) is 6.82. The minimum absolute atomic E-state index is 0.0910. The van der Waals surface area contributed by atoms with Crippen LogP contribution < -0.4 is 9.47 Å². The molecule has 0 saturated carbocycles. The highest BCUT2D eigenvalue weighted by atomic mass is 79.9. The monoisotopic (exact) mass is 466 g/mol. The second-order valence-corrected chi connectivity index (χ2v) is 9.53. The topological polar surface area (TPSA) is 42.0 Å². The fourth-order valence-corrected chi connectivity index (χ4v) is 5.07. The fourth-order valence-electron chi connectivity index (χ4n) is 3.60. The Morgan fingerprint density at radius 1 is 1.18 bits per heavy atom. The van der Waals surface area contributed by atoms with Crippen LogP contribution in [0.5, 0.6) is 11.5 Å². The van der Waals surface area contributed by atoms with Crippen molar-refractivity contribution >= 4 is 33.2 Å². The van der Waals surface area contributed by atoms with Crippen molar-refractivity contribution in [2.24, 2.45) is 0 Å². The maximum atomic E-state index is 12.9. The first-order valence-electron chi connectivity index (χ1n) is 9.49. The lowest BCUT2D eigenvalue weighted by atomic mass is 9.97. The van der Waals surface area contributed by atoms with Crippen molar-refractivity contribution in [3.8, 4) is 11.5 Å². The maximum Gasteiger partial charge on any atom is 0.254 e. The largest absolute Gasteiger partial charge is 0.493 e. The second-order valence-electron chi connectivity index (χ2n) is 6.98. The number of rotatable bonds is 9. The van der Waals surface area contributed by atoms with Gasteiger partial charge in [0.25, 0.3) is 5.91 Å². The van der Waals surface area contributed by atoms with Crippen LogP contribution in [0.15, 0.2) is 28.1 Å². The number of halogens is 1. The summed E-state index contributed by atoms with van der Waals surface area (Å²) < 4.78 is 12.0. The van der Waals surface area contributed by atoms with Crippen molar-refractivity contribution in [3.05, 3.63) is 44.1 Å². The summed E-state index contributed by atoms with van der Waals surface area (Å²) >= 11 is 5.31. The number of benzene rings is 1. The van der Waals surface area contributed by atoms with Gasteiger partial charge in [-0.25, -0.2) is 0 Å². The summed E-state index contributed by atoms with van der Waals surface area (Å²) in [6.07, 6.45) is 2.83. The molecular formula is C21H27BrN2O3S. The van der Waals surface area contributed by atoms with Gasteiger partial charge < -0.3 is 19.3 Å². The number of hydrogen-bond donors (Lipinski definition) is 0. The molecule has 1 aromatic heterocycles. The van der Waals surface area contributed by atoms with Crippen LogP contribution in [0, 0.1) is 0 Å². The van der Waals surface area contributed by atoms with Crippen LogP contribution in [0.2, 0.25) is 0 Å². The van der Waals surface area contributed by atoms with Gasteiger partial charge in [0.2, 0.25) is 0 Å². The molecule has 152 valence electrons. The van der Waals surface area contributed by atoms with E-state index in [1.807, 2.05) is 17.0 Å². The van der Waals surface area contributed by atoms with Crippen LogP contribution >= 0.6 is 27.3 Å². The van der Waals surface area contributed by atoms with E-state index in [2.05, 4.69) is 40.0 Å². The first-order valence-corrected chi connectivity index (χ1v) is 11.1. The number of likely N-dealkylation sites (N-methyl/N-ethyl adjacent to an activating group) is 1. The molecule has 2 heterocycles. The molecule has 1 aromatic carbocycles. The zero-order chi connectivity index (χ0) is 20.1. The number of thiophene rings is 1. The minimum atomic E-state index is 0.0910. The third-order valence-electron chi connectivity index (χ3n) is 5.13. The molecule has 7 heteroatoms. The highest BCUT2D eigenvalue weighted by Gasteiger charge is 2.28. The first-order chi connectivity index (χ1) is 13.5. The Bertz CT molecular complexity index is 824. The number of amides is 1. The summed E-state index contributed by atoms with van der Waals surface area (Å²) in [6, 6.07) is 7.95. The molecular weight excluding hydrogens is 440 g/mol. The van der Waals surface area contributed by atoms with Crippen LogP contribution in [-0.2, 0) is 12.8 Å². The summed E-state index contributed by atoms with van der Waals surface area (Å²) in [5, 5.41) is 0. The molecule has 2 aromatic rings. The van der Waals surface area contributed by atoms with Crippen LogP contribution in [0.1, 0.15) is 27.2 Å². The standard InChI is InChI=1S/C21H27BrN2O3S/c1-23(13-9-15-5-8-19(22)28-15)11-4-12-24-14-10-16-17(21(24)25)6-7-18(26-2)20(16)27-3/h5-8H,4,9-14H2,1-3H3. The van der Waals surface area contributed by atoms with Gasteiger partial charge in [0.15, 0.2) is 11.5 Å². The van der Waals surface area contributed by atoms with E-state index >= 15 is 0 Å². The van der Waals surface area contributed by atoms with Gasteiger partial charge in [0, 0.05) is 35.6 Å². The second kappa shape index (κ2) is 9.76. The predicted molar refractivity (Wildman–Crippen MR) is 117 cm³/mol. The smallest absolute Gasteiger partial charge is 0.254 e. The highest BCUT2D eigenvalue weighted by molar-refractivity contribution is 9.11. The molecule has 0 unspecified atom stereocenters. The number of hydrogen-bond acceptors (Lipinski definition) is 5. The lowest BCUT2D eigenvalue weighted by molar-refractivity contribution is 0.0731. The molecule has 1 amide bonds. The van der Waals surface area contributed by atoms with E-state index in [-0.39, 0.29) is 5.91 Å². The van der Waals surface area contributed by atoms with E-state index in [0.717, 1.165) is 56.6 Å². The molecule has 0 fully saturated rings. The number of nitrogens with zero attached hydrogens (tertiary/aromatic N) is 2. The summed E-state index contributed by atoms with van der Waals surface area (Å²) in [5.74, 6) is 1.46. The molecule has 0 spiro atoms. The average molecular weight is 467 g/mol. The molecule has 0 N–H and O–H groups in total. The van der Waals surface area contributed by atoms with Gasteiger partial charge in [-0.1, -0.05) is 0 Å². The molecule has 0 radical (unpaired) electrons. The molecule has 5 nitrogen and oxygen atoms in total. The number of methoxy groups -OCH3 is 2. The zero-order valence-electron chi connectivity index (χ0n) is 16.7. The number of ether oxygens (including phenoxy) is 2. The van der Waals surface area contributed by atoms with Crippen molar-refractivity contribution in [1.82, 2.24) is 9.80 Å². The Labute approximate surface area is 179 Å². The number of carbonyl (C=O) groups excluding carboxylic acids is 1. The molecule has 1 aliphatic rings. The van der Waals surface area contributed by atoms with E-state index in [1.54, 1.807) is 25.6 Å². The van der Waals surface area contributed by atoms with Gasteiger partial charge in [-0.15, -0.1) is 11.3 Å². The summed E-state index contributed by atoms with van der Waals surface area (Å²) in [5.41, 5.74) is 1.70. The predicted octanol–water partition coefficient (Wildman–Crippen LogP) is 4.09. The van der Waals surface area contributed by atoms with E-state index in [0.29, 0.717) is 11.5 Å². The summed E-state index contributed by atoms with van der Waals surface area (Å²) in [4.78, 5) is 18.6. The quantitative estimate of drug-likeness (QED) is 0.557. The van der Waals surface area contributed by atoms with Gasteiger partial charge >= 0.3 is 0 Å². The molecule has 28 heavy (non-hydrogen) atoms. The van der Waals surface area contributed by atoms with Crippen molar-refractivity contribution in [1.29, 1.82) is 0 Å². The molecule has 0 atom stereocenters. The lowest BCUT2D eigenvalue weighted by Gasteiger charge is -2.30. The lowest BCUT2D eigenvalue weighted by Crippen LogP contribution is -2.39. The van der Waals surface area contributed by atoms with E-state index < -0.39 is 0 Å². The number of fused-ring (bicyclic) bond motifs is 1. The number of carbonyl (C=O) groups is 1. The first kappa shape index (κ1) is 21.1.